The summed E-state index contributed by atoms with van der Waals surface area (Å²) in [5.41, 5.74) is 0. The maximum absolute atomic E-state index is 13.5. The molecule has 4 atom stereocenters. The molecular formula is C17H26F3NO7S2. The Hall–Kier alpha value is -1.31. The number of rotatable bonds is 11. The Labute approximate surface area is 182 Å². The topological polar surface area (TPSA) is 92.3 Å². The van der Waals surface area contributed by atoms with Crippen LogP contribution < -0.4 is 5.32 Å². The molecule has 2 unspecified atom stereocenters. The number of hydrogen-bond donors (Lipinski definition) is 1. The van der Waals surface area contributed by atoms with Gasteiger partial charge >= 0.3 is 12.3 Å². The van der Waals surface area contributed by atoms with Crippen LogP contribution in [0.4, 0.5) is 18.0 Å². The second kappa shape index (κ2) is 12.5. The SMILES string of the molecule is CCOC(=S)SC(C[C@@H]1OC(=O)O[C@H]1C(NC(C)=O)C(F)(F)F)C(OCC)OCC. The summed E-state index contributed by atoms with van der Waals surface area (Å²) in [4.78, 5) is 23.0. The molecule has 0 bridgehead atoms. The number of halogens is 3. The summed E-state index contributed by atoms with van der Waals surface area (Å²) >= 11 is 6.16. The maximum Gasteiger partial charge on any atom is 0.509 e. The summed E-state index contributed by atoms with van der Waals surface area (Å²) in [6.45, 7) is 6.96. The predicted octanol–water partition coefficient (Wildman–Crippen LogP) is 3.17. The van der Waals surface area contributed by atoms with Crippen molar-refractivity contribution in [3.05, 3.63) is 0 Å². The monoisotopic (exact) mass is 477 g/mol. The van der Waals surface area contributed by atoms with Gasteiger partial charge in [0.1, 0.15) is 6.10 Å². The highest BCUT2D eigenvalue weighted by atomic mass is 32.2. The van der Waals surface area contributed by atoms with Crippen molar-refractivity contribution < 1.29 is 46.4 Å². The number of thiocarbonyl (C=S) groups is 1. The van der Waals surface area contributed by atoms with Gasteiger partial charge < -0.3 is 29.0 Å². The van der Waals surface area contributed by atoms with Crippen molar-refractivity contribution in [2.45, 2.75) is 70.1 Å². The summed E-state index contributed by atoms with van der Waals surface area (Å²) in [6, 6.07) is -2.44. The summed E-state index contributed by atoms with van der Waals surface area (Å²) in [5.74, 6) is -0.927. The number of carbonyl (C=O) groups is 2. The van der Waals surface area contributed by atoms with Crippen LogP contribution >= 0.6 is 24.0 Å². The Bertz CT molecular complexity index is 588. The average Bonchev–Trinajstić information content (AvgIpc) is 2.98. The molecule has 1 aliphatic rings. The summed E-state index contributed by atoms with van der Waals surface area (Å²) in [5, 5.41) is 1.12. The molecule has 0 radical (unpaired) electrons. The van der Waals surface area contributed by atoms with E-state index >= 15 is 0 Å². The van der Waals surface area contributed by atoms with Crippen LogP contribution in [0, 0.1) is 0 Å². The Morgan fingerprint density at radius 2 is 1.80 bits per heavy atom. The van der Waals surface area contributed by atoms with E-state index in [9.17, 15) is 22.8 Å². The minimum Gasteiger partial charge on any atom is -0.479 e. The lowest BCUT2D eigenvalue weighted by Gasteiger charge is -2.31. The van der Waals surface area contributed by atoms with Crippen LogP contribution in [-0.2, 0) is 28.5 Å². The van der Waals surface area contributed by atoms with E-state index in [1.807, 2.05) is 0 Å². The van der Waals surface area contributed by atoms with Gasteiger partial charge in [-0.2, -0.15) is 13.2 Å². The smallest absolute Gasteiger partial charge is 0.479 e. The molecule has 1 heterocycles. The van der Waals surface area contributed by atoms with E-state index in [1.165, 1.54) is 0 Å². The van der Waals surface area contributed by atoms with E-state index in [2.05, 4.69) is 0 Å². The molecule has 0 aromatic rings. The first-order chi connectivity index (χ1) is 14.0. The van der Waals surface area contributed by atoms with Crippen molar-refractivity contribution in [3.8, 4) is 0 Å². The first kappa shape index (κ1) is 26.7. The van der Waals surface area contributed by atoms with Crippen molar-refractivity contribution >= 4 is 40.4 Å². The number of nitrogens with one attached hydrogen (secondary N) is 1. The molecule has 1 amide bonds. The number of thioether (sulfide) groups is 1. The van der Waals surface area contributed by atoms with Gasteiger partial charge in [0.15, 0.2) is 18.4 Å². The molecule has 1 aliphatic heterocycles. The van der Waals surface area contributed by atoms with E-state index in [1.54, 1.807) is 26.1 Å². The molecule has 1 rings (SSSR count). The fourth-order valence-electron chi connectivity index (χ4n) is 2.75. The molecular weight excluding hydrogens is 451 g/mol. The lowest BCUT2D eigenvalue weighted by Crippen LogP contribution is -2.55. The molecule has 30 heavy (non-hydrogen) atoms. The van der Waals surface area contributed by atoms with Crippen LogP contribution in [0.1, 0.15) is 34.1 Å². The Morgan fingerprint density at radius 1 is 1.20 bits per heavy atom. The van der Waals surface area contributed by atoms with Crippen molar-refractivity contribution in [1.82, 2.24) is 5.32 Å². The maximum atomic E-state index is 13.5. The Balaban J connectivity index is 3.13. The van der Waals surface area contributed by atoms with Gasteiger partial charge in [-0.05, 0) is 33.0 Å². The van der Waals surface area contributed by atoms with Crippen LogP contribution in [0.3, 0.4) is 0 Å². The Kier molecular flexibility index (Phi) is 11.2. The largest absolute Gasteiger partial charge is 0.509 e. The fraction of sp³-hybridized carbons (Fsp3) is 0.824. The van der Waals surface area contributed by atoms with Gasteiger partial charge in [0.2, 0.25) is 10.3 Å². The van der Waals surface area contributed by atoms with E-state index in [0.717, 1.165) is 18.7 Å². The summed E-state index contributed by atoms with van der Waals surface area (Å²) in [6.07, 6.45) is -10.2. The average molecular weight is 478 g/mol. The van der Waals surface area contributed by atoms with Crippen molar-refractivity contribution in [3.63, 3.8) is 0 Å². The molecule has 13 heteroatoms. The quantitative estimate of drug-likeness (QED) is 0.274. The number of carbonyl (C=O) groups excluding carboxylic acids is 2. The van der Waals surface area contributed by atoms with Crippen molar-refractivity contribution in [2.75, 3.05) is 19.8 Å². The van der Waals surface area contributed by atoms with E-state index in [0.29, 0.717) is 6.61 Å². The number of cyclic esters (lactones) is 2. The zero-order valence-electron chi connectivity index (χ0n) is 17.0. The molecule has 1 fully saturated rings. The fourth-order valence-corrected chi connectivity index (χ4v) is 4.23. The third-order valence-electron chi connectivity index (χ3n) is 3.83. The summed E-state index contributed by atoms with van der Waals surface area (Å²) in [7, 11) is 0. The van der Waals surface area contributed by atoms with Gasteiger partial charge in [-0.15, -0.1) is 0 Å². The lowest BCUT2D eigenvalue weighted by molar-refractivity contribution is -0.182. The molecule has 174 valence electrons. The van der Waals surface area contributed by atoms with Crippen LogP contribution in [0.15, 0.2) is 0 Å². The highest BCUT2D eigenvalue weighted by Gasteiger charge is 2.55. The van der Waals surface area contributed by atoms with Gasteiger partial charge in [0, 0.05) is 26.6 Å². The Morgan fingerprint density at radius 3 is 2.27 bits per heavy atom. The normalized spacial score (nSPS) is 21.0. The van der Waals surface area contributed by atoms with Gasteiger partial charge in [-0.25, -0.2) is 4.79 Å². The first-order valence-corrected chi connectivity index (χ1v) is 10.6. The van der Waals surface area contributed by atoms with E-state index in [-0.39, 0.29) is 24.0 Å². The highest BCUT2D eigenvalue weighted by Crippen LogP contribution is 2.35. The van der Waals surface area contributed by atoms with Crippen molar-refractivity contribution in [1.29, 1.82) is 0 Å². The van der Waals surface area contributed by atoms with Gasteiger partial charge in [0.05, 0.1) is 11.9 Å². The van der Waals surface area contributed by atoms with E-state index < -0.39 is 48.0 Å². The standard InChI is InChI=1S/C17H26F3NO7S2/c1-5-24-14(25-6-2)11(30-16(29)26-7-3)8-10-12(28-15(23)27-10)13(17(18,19)20)21-9(4)22/h10-14H,5-8H2,1-4H3,(H,21,22)/t10-,11?,12+,13?/m0/s1. The minimum absolute atomic E-state index is 0.142. The second-order valence-electron chi connectivity index (χ2n) is 6.06. The molecule has 0 aliphatic carbocycles. The number of alkyl halides is 3. The minimum atomic E-state index is -4.87. The molecule has 1 N–H and O–H groups in total. The van der Waals surface area contributed by atoms with Crippen LogP contribution in [0.25, 0.3) is 0 Å². The predicted molar refractivity (Wildman–Crippen MR) is 106 cm³/mol. The van der Waals surface area contributed by atoms with Crippen LogP contribution in [0.5, 0.6) is 0 Å². The molecule has 1 saturated heterocycles. The zero-order valence-corrected chi connectivity index (χ0v) is 18.7. The number of hydrogen-bond acceptors (Lipinski definition) is 9. The van der Waals surface area contributed by atoms with Crippen molar-refractivity contribution in [2.24, 2.45) is 0 Å². The molecule has 0 aromatic heterocycles. The number of ether oxygens (including phenoxy) is 5. The molecule has 0 saturated carbocycles. The third kappa shape index (κ3) is 8.44. The van der Waals surface area contributed by atoms with E-state index in [4.69, 9.17) is 35.9 Å². The molecule has 0 spiro atoms. The van der Waals surface area contributed by atoms with Gasteiger partial charge in [-0.1, -0.05) is 11.8 Å². The van der Waals surface area contributed by atoms with Gasteiger partial charge in [-0.3, -0.25) is 4.79 Å². The number of amides is 1. The summed E-state index contributed by atoms with van der Waals surface area (Å²) < 4.78 is 66.8. The first-order valence-electron chi connectivity index (χ1n) is 9.31. The third-order valence-corrected chi connectivity index (χ3v) is 5.26. The highest BCUT2D eigenvalue weighted by molar-refractivity contribution is 8.23. The molecule has 8 nitrogen and oxygen atoms in total. The van der Waals surface area contributed by atoms with Crippen LogP contribution in [0.2, 0.25) is 0 Å². The van der Waals surface area contributed by atoms with Gasteiger partial charge in [0.25, 0.3) is 0 Å². The molecule has 0 aromatic carbocycles. The van der Waals surface area contributed by atoms with Crippen LogP contribution in [-0.4, -0.2) is 72.2 Å². The zero-order chi connectivity index (χ0) is 22.9. The second-order valence-corrected chi connectivity index (χ2v) is 7.90. The lowest BCUT2D eigenvalue weighted by atomic mass is 10.0.